The molecule has 0 saturated carbocycles. The molecule has 0 aliphatic rings. The van der Waals surface area contributed by atoms with E-state index < -0.39 is 0 Å². The topological polar surface area (TPSA) is 22.1 Å². The van der Waals surface area contributed by atoms with Gasteiger partial charge >= 0.3 is 0 Å². The van der Waals surface area contributed by atoms with Gasteiger partial charge in [0.2, 0.25) is 0 Å². The number of pyridine rings is 1. The van der Waals surface area contributed by atoms with E-state index in [0.717, 1.165) is 17.0 Å². The molecule has 16 heavy (non-hydrogen) atoms. The van der Waals surface area contributed by atoms with Gasteiger partial charge in [0.25, 0.3) is 0 Å². The Hall–Kier alpha value is -1.61. The van der Waals surface area contributed by atoms with Crippen molar-refractivity contribution in [3.63, 3.8) is 0 Å². The maximum Gasteiger partial charge on any atom is 0.121 e. The number of rotatable bonds is 1. The lowest BCUT2D eigenvalue weighted by Crippen LogP contribution is -1.87. The second kappa shape index (κ2) is 3.46. The first-order valence-corrected chi connectivity index (χ1v) is 5.99. The molecule has 3 rings (SSSR count). The van der Waals surface area contributed by atoms with Crippen LogP contribution in [0.4, 0.5) is 0 Å². The molecule has 0 bridgehead atoms. The highest BCUT2D eigenvalue weighted by Gasteiger charge is 2.07. The molecule has 0 amide bonds. The fourth-order valence-electron chi connectivity index (χ4n) is 1.97. The Morgan fingerprint density at radius 2 is 2.06 bits per heavy atom. The highest BCUT2D eigenvalue weighted by molar-refractivity contribution is 7.18. The predicted octanol–water partition coefficient (Wildman–Crippen LogP) is 3.77. The normalized spacial score (nSPS) is 11.1. The number of fused-ring (bicyclic) bond motifs is 3. The van der Waals surface area contributed by atoms with E-state index in [-0.39, 0.29) is 0 Å². The molecule has 2 aromatic heterocycles. The van der Waals surface area contributed by atoms with Crippen molar-refractivity contribution in [3.8, 4) is 5.75 Å². The average molecular weight is 229 g/mol. The fraction of sp³-hybridized carbons (Fsp3) is 0.154. The average Bonchev–Trinajstić information content (AvgIpc) is 2.78. The lowest BCUT2D eigenvalue weighted by atomic mass is 10.1. The van der Waals surface area contributed by atoms with Crippen molar-refractivity contribution in [1.82, 2.24) is 4.98 Å². The van der Waals surface area contributed by atoms with Crippen LogP contribution >= 0.6 is 11.3 Å². The van der Waals surface area contributed by atoms with Gasteiger partial charge in [-0.15, -0.1) is 11.3 Å². The summed E-state index contributed by atoms with van der Waals surface area (Å²) in [5.74, 6) is 0.857. The molecule has 0 N–H and O–H groups in total. The van der Waals surface area contributed by atoms with E-state index in [1.165, 1.54) is 15.5 Å². The Morgan fingerprint density at radius 3 is 2.88 bits per heavy atom. The summed E-state index contributed by atoms with van der Waals surface area (Å²) in [7, 11) is 1.68. The molecule has 0 aliphatic heterocycles. The zero-order chi connectivity index (χ0) is 11.1. The van der Waals surface area contributed by atoms with Gasteiger partial charge in [0.15, 0.2) is 0 Å². The van der Waals surface area contributed by atoms with Crippen LogP contribution in [-0.4, -0.2) is 12.1 Å². The molecule has 0 saturated heterocycles. The third kappa shape index (κ3) is 1.28. The molecule has 0 atom stereocenters. The molecule has 2 heterocycles. The molecule has 0 spiro atoms. The quantitative estimate of drug-likeness (QED) is 0.633. The van der Waals surface area contributed by atoms with Crippen molar-refractivity contribution in [2.24, 2.45) is 0 Å². The summed E-state index contributed by atoms with van der Waals surface area (Å²) in [6.45, 7) is 2.05. The van der Waals surface area contributed by atoms with Crippen molar-refractivity contribution in [3.05, 3.63) is 35.3 Å². The minimum Gasteiger partial charge on any atom is -0.497 e. The number of hydrogen-bond acceptors (Lipinski definition) is 3. The number of methoxy groups -OCH3 is 1. The van der Waals surface area contributed by atoms with Crippen LogP contribution in [0.15, 0.2) is 29.6 Å². The van der Waals surface area contributed by atoms with Gasteiger partial charge in [-0.05, 0) is 30.5 Å². The summed E-state index contributed by atoms with van der Waals surface area (Å²) >= 11 is 1.76. The molecular formula is C13H11NOS. The minimum atomic E-state index is 0.857. The van der Waals surface area contributed by atoms with Crippen molar-refractivity contribution < 1.29 is 4.74 Å². The third-order valence-electron chi connectivity index (χ3n) is 2.79. The number of benzene rings is 1. The van der Waals surface area contributed by atoms with E-state index in [0.29, 0.717) is 0 Å². The van der Waals surface area contributed by atoms with Crippen molar-refractivity contribution in [2.45, 2.75) is 6.92 Å². The molecule has 80 valence electrons. The first-order valence-electron chi connectivity index (χ1n) is 5.11. The second-order valence-electron chi connectivity index (χ2n) is 3.74. The smallest absolute Gasteiger partial charge is 0.121 e. The molecule has 0 radical (unpaired) electrons. The highest BCUT2D eigenvalue weighted by atomic mass is 32.1. The van der Waals surface area contributed by atoms with Crippen molar-refractivity contribution in [1.29, 1.82) is 0 Å². The minimum absolute atomic E-state index is 0.857. The summed E-state index contributed by atoms with van der Waals surface area (Å²) in [4.78, 5) is 4.61. The molecule has 0 fully saturated rings. The zero-order valence-corrected chi connectivity index (χ0v) is 9.97. The lowest BCUT2D eigenvalue weighted by molar-refractivity contribution is 0.415. The van der Waals surface area contributed by atoms with Crippen molar-refractivity contribution in [2.75, 3.05) is 7.11 Å². The summed E-state index contributed by atoms with van der Waals surface area (Å²) in [6.07, 6.45) is 0. The fourth-order valence-corrected chi connectivity index (χ4v) is 2.95. The number of thiophene rings is 1. The van der Waals surface area contributed by atoms with Gasteiger partial charge in [-0.1, -0.05) is 0 Å². The predicted molar refractivity (Wildman–Crippen MR) is 68.4 cm³/mol. The van der Waals surface area contributed by atoms with Gasteiger partial charge in [-0.3, -0.25) is 4.98 Å². The SMILES string of the molecule is COc1ccc2c(c1)nc(C)c1ccsc12. The number of aromatic nitrogens is 1. The number of ether oxygens (including phenoxy) is 1. The molecule has 0 unspecified atom stereocenters. The van der Waals surface area contributed by atoms with Gasteiger partial charge in [0.1, 0.15) is 5.75 Å². The Balaban J connectivity index is 2.48. The van der Waals surface area contributed by atoms with Crippen LogP contribution in [0.1, 0.15) is 5.69 Å². The monoisotopic (exact) mass is 229 g/mol. The number of aryl methyl sites for hydroxylation is 1. The molecule has 0 aliphatic carbocycles. The van der Waals surface area contributed by atoms with Gasteiger partial charge in [0, 0.05) is 27.2 Å². The van der Waals surface area contributed by atoms with Crippen LogP contribution in [0.5, 0.6) is 5.75 Å². The van der Waals surface area contributed by atoms with E-state index in [2.05, 4.69) is 22.5 Å². The Morgan fingerprint density at radius 1 is 1.19 bits per heavy atom. The van der Waals surface area contributed by atoms with Gasteiger partial charge in [0.05, 0.1) is 12.6 Å². The van der Waals surface area contributed by atoms with Gasteiger partial charge in [-0.2, -0.15) is 0 Å². The highest BCUT2D eigenvalue weighted by Crippen LogP contribution is 2.32. The van der Waals surface area contributed by atoms with Crippen LogP contribution < -0.4 is 4.74 Å². The van der Waals surface area contributed by atoms with Crippen LogP contribution in [0.2, 0.25) is 0 Å². The maximum absolute atomic E-state index is 5.22. The summed E-state index contributed by atoms with van der Waals surface area (Å²) < 4.78 is 6.53. The van der Waals surface area contributed by atoms with E-state index in [1.54, 1.807) is 18.4 Å². The Bertz CT molecular complexity index is 672. The Labute approximate surface area is 97.5 Å². The van der Waals surface area contributed by atoms with Crippen LogP contribution in [0.3, 0.4) is 0 Å². The van der Waals surface area contributed by atoms with E-state index in [1.807, 2.05) is 19.1 Å². The number of hydrogen-bond donors (Lipinski definition) is 0. The number of nitrogens with zero attached hydrogens (tertiary/aromatic N) is 1. The first kappa shape index (κ1) is 9.60. The van der Waals surface area contributed by atoms with Crippen LogP contribution in [0, 0.1) is 6.92 Å². The van der Waals surface area contributed by atoms with E-state index in [4.69, 9.17) is 4.74 Å². The second-order valence-corrected chi connectivity index (χ2v) is 4.66. The first-order chi connectivity index (χ1) is 7.79. The molecule has 3 aromatic rings. The van der Waals surface area contributed by atoms with Gasteiger partial charge in [-0.25, -0.2) is 0 Å². The van der Waals surface area contributed by atoms with Crippen LogP contribution in [0.25, 0.3) is 21.0 Å². The molecule has 2 nitrogen and oxygen atoms in total. The zero-order valence-electron chi connectivity index (χ0n) is 9.15. The van der Waals surface area contributed by atoms with E-state index in [9.17, 15) is 0 Å². The summed E-state index contributed by atoms with van der Waals surface area (Å²) in [5, 5.41) is 4.57. The Kier molecular flexibility index (Phi) is 2.07. The molecular weight excluding hydrogens is 218 g/mol. The molecule has 3 heteroatoms. The van der Waals surface area contributed by atoms with Crippen LogP contribution in [-0.2, 0) is 0 Å². The summed E-state index contributed by atoms with van der Waals surface area (Å²) in [5.41, 5.74) is 2.09. The lowest BCUT2D eigenvalue weighted by Gasteiger charge is -2.04. The molecule has 1 aromatic carbocycles. The standard InChI is InChI=1S/C13H11NOS/c1-8-10-5-6-16-13(10)11-4-3-9(15-2)7-12(11)14-8/h3-7H,1-2H3. The van der Waals surface area contributed by atoms with Crippen molar-refractivity contribution >= 4 is 32.3 Å². The van der Waals surface area contributed by atoms with Gasteiger partial charge < -0.3 is 4.74 Å². The summed E-state index contributed by atoms with van der Waals surface area (Å²) in [6, 6.07) is 8.19. The third-order valence-corrected chi connectivity index (χ3v) is 3.74. The van der Waals surface area contributed by atoms with E-state index >= 15 is 0 Å². The maximum atomic E-state index is 5.22. The largest absolute Gasteiger partial charge is 0.497 e.